The van der Waals surface area contributed by atoms with Gasteiger partial charge in [-0.15, -0.1) is 11.8 Å². The number of urea groups is 1. The predicted octanol–water partition coefficient (Wildman–Crippen LogP) is 5.11. The highest BCUT2D eigenvalue weighted by Crippen LogP contribution is 2.24. The summed E-state index contributed by atoms with van der Waals surface area (Å²) in [5, 5.41) is 8.91. The minimum atomic E-state index is -0.370. The lowest BCUT2D eigenvalue weighted by Gasteiger charge is -2.16. The molecule has 6 heteroatoms. The summed E-state index contributed by atoms with van der Waals surface area (Å²) < 4.78 is 0. The van der Waals surface area contributed by atoms with E-state index in [-0.39, 0.29) is 24.5 Å². The van der Waals surface area contributed by atoms with E-state index < -0.39 is 0 Å². The first-order valence-corrected chi connectivity index (χ1v) is 10.7. The molecule has 0 aromatic heterocycles. The Hall–Kier alpha value is -2.47. The van der Waals surface area contributed by atoms with Crippen molar-refractivity contribution in [1.82, 2.24) is 10.6 Å². The number of anilines is 1. The maximum absolute atomic E-state index is 12.2. The number of amides is 3. The molecule has 2 rings (SSSR count). The van der Waals surface area contributed by atoms with Crippen molar-refractivity contribution < 1.29 is 9.59 Å². The molecule has 0 heterocycles. The van der Waals surface area contributed by atoms with Crippen LogP contribution in [0.3, 0.4) is 0 Å². The Morgan fingerprint density at radius 2 is 1.55 bits per heavy atom. The highest BCUT2D eigenvalue weighted by Gasteiger charge is 2.12. The molecule has 3 N–H and O–H groups in total. The van der Waals surface area contributed by atoms with Crippen LogP contribution in [0.25, 0.3) is 0 Å². The molecular weight excluding hydrogens is 382 g/mol. The van der Waals surface area contributed by atoms with Crippen LogP contribution in [0.1, 0.15) is 49.1 Å². The lowest BCUT2D eigenvalue weighted by Crippen LogP contribution is -2.41. The molecule has 1 unspecified atom stereocenters. The van der Waals surface area contributed by atoms with Gasteiger partial charge >= 0.3 is 6.03 Å². The number of nitrogens with one attached hydrogen (secondary N) is 3. The highest BCUT2D eigenvalue weighted by atomic mass is 32.2. The van der Waals surface area contributed by atoms with Crippen molar-refractivity contribution in [2.75, 3.05) is 11.9 Å². The van der Waals surface area contributed by atoms with Crippen LogP contribution < -0.4 is 16.0 Å². The molecule has 0 bridgehead atoms. The number of hydrogen-bond acceptors (Lipinski definition) is 3. The maximum Gasteiger partial charge on any atom is 0.315 e. The number of carbonyl (C=O) groups excluding carboxylic acids is 2. The molecule has 2 aromatic rings. The Morgan fingerprint density at radius 3 is 2.10 bits per heavy atom. The molecule has 0 fully saturated rings. The standard InChI is InChI=1S/C23H31N3O2S/c1-14(2)29-20-9-7-19(8-10-20)18(6)25-23(28)24-13-21(27)26-22-16(4)11-15(3)12-17(22)5/h7-12,14,18H,13H2,1-6H3,(H,26,27)(H2,24,25,28). The van der Waals surface area contributed by atoms with E-state index in [1.165, 1.54) is 4.90 Å². The van der Waals surface area contributed by atoms with Crippen molar-refractivity contribution in [3.63, 3.8) is 0 Å². The second kappa shape index (κ2) is 10.3. The van der Waals surface area contributed by atoms with Crippen molar-refractivity contribution in [1.29, 1.82) is 0 Å². The van der Waals surface area contributed by atoms with E-state index in [2.05, 4.69) is 41.9 Å². The molecule has 0 spiro atoms. The fourth-order valence-corrected chi connectivity index (χ4v) is 4.00. The minimum Gasteiger partial charge on any atom is -0.332 e. The first-order valence-electron chi connectivity index (χ1n) is 9.84. The third-order valence-corrected chi connectivity index (χ3v) is 5.47. The van der Waals surface area contributed by atoms with E-state index in [4.69, 9.17) is 0 Å². The van der Waals surface area contributed by atoms with Crippen molar-refractivity contribution in [3.8, 4) is 0 Å². The average molecular weight is 414 g/mol. The number of benzene rings is 2. The van der Waals surface area contributed by atoms with Gasteiger partial charge in [0.05, 0.1) is 12.6 Å². The first kappa shape index (κ1) is 22.8. The van der Waals surface area contributed by atoms with Gasteiger partial charge in [0.2, 0.25) is 5.91 Å². The van der Waals surface area contributed by atoms with Crippen molar-refractivity contribution in [3.05, 3.63) is 58.7 Å². The molecule has 0 aliphatic rings. The van der Waals surface area contributed by atoms with Gasteiger partial charge in [0.15, 0.2) is 0 Å². The summed E-state index contributed by atoms with van der Waals surface area (Å²) in [5.41, 5.74) is 4.99. The fraction of sp³-hybridized carbons (Fsp3) is 0.391. The third-order valence-electron chi connectivity index (χ3n) is 4.45. The lowest BCUT2D eigenvalue weighted by atomic mass is 10.1. The SMILES string of the molecule is Cc1cc(C)c(NC(=O)CNC(=O)NC(C)c2ccc(SC(C)C)cc2)c(C)c1. The zero-order valence-corrected chi connectivity index (χ0v) is 18.9. The summed E-state index contributed by atoms with van der Waals surface area (Å²) in [7, 11) is 0. The molecule has 0 aliphatic carbocycles. The van der Waals surface area contributed by atoms with Gasteiger partial charge in [0.25, 0.3) is 0 Å². The van der Waals surface area contributed by atoms with E-state index in [1.807, 2.05) is 52.0 Å². The highest BCUT2D eigenvalue weighted by molar-refractivity contribution is 7.99. The zero-order chi connectivity index (χ0) is 21.6. The largest absolute Gasteiger partial charge is 0.332 e. The molecular formula is C23H31N3O2S. The van der Waals surface area contributed by atoms with E-state index in [0.29, 0.717) is 5.25 Å². The summed E-state index contributed by atoms with van der Waals surface area (Å²) in [6.07, 6.45) is 0. The predicted molar refractivity (Wildman–Crippen MR) is 122 cm³/mol. The van der Waals surface area contributed by atoms with Crippen molar-refractivity contribution in [2.45, 2.75) is 57.7 Å². The van der Waals surface area contributed by atoms with Crippen LogP contribution >= 0.6 is 11.8 Å². The minimum absolute atomic E-state index is 0.0880. The van der Waals surface area contributed by atoms with E-state index >= 15 is 0 Å². The van der Waals surface area contributed by atoms with Crippen molar-refractivity contribution >= 4 is 29.4 Å². The van der Waals surface area contributed by atoms with Crippen LogP contribution in [-0.2, 0) is 4.79 Å². The molecule has 0 radical (unpaired) electrons. The van der Waals surface area contributed by atoms with Crippen LogP contribution in [0.4, 0.5) is 10.5 Å². The van der Waals surface area contributed by atoms with Gasteiger partial charge in [-0.25, -0.2) is 4.79 Å². The van der Waals surface area contributed by atoms with Crippen molar-refractivity contribution in [2.24, 2.45) is 0 Å². The Balaban J connectivity index is 1.84. The van der Waals surface area contributed by atoms with Crippen LogP contribution in [0, 0.1) is 20.8 Å². The molecule has 5 nitrogen and oxygen atoms in total. The Morgan fingerprint density at radius 1 is 0.966 bits per heavy atom. The van der Waals surface area contributed by atoms with E-state index in [1.54, 1.807) is 11.8 Å². The molecule has 3 amide bonds. The van der Waals surface area contributed by atoms with Gasteiger partial charge in [-0.05, 0) is 56.5 Å². The number of aryl methyl sites for hydroxylation is 3. The second-order valence-corrected chi connectivity index (χ2v) is 9.26. The molecule has 29 heavy (non-hydrogen) atoms. The fourth-order valence-electron chi connectivity index (χ4n) is 3.16. The third kappa shape index (κ3) is 7.13. The van der Waals surface area contributed by atoms with Gasteiger partial charge in [-0.1, -0.05) is 43.7 Å². The molecule has 0 saturated heterocycles. The molecule has 0 saturated carbocycles. The smallest absolute Gasteiger partial charge is 0.315 e. The number of thioether (sulfide) groups is 1. The first-order chi connectivity index (χ1) is 13.7. The Bertz CT molecular complexity index is 840. The number of hydrogen-bond donors (Lipinski definition) is 3. The van der Waals surface area contributed by atoms with E-state index in [9.17, 15) is 9.59 Å². The summed E-state index contributed by atoms with van der Waals surface area (Å²) >= 11 is 1.80. The summed E-state index contributed by atoms with van der Waals surface area (Å²) in [5.74, 6) is -0.252. The lowest BCUT2D eigenvalue weighted by molar-refractivity contribution is -0.115. The van der Waals surface area contributed by atoms with Gasteiger partial charge < -0.3 is 16.0 Å². The normalized spacial score (nSPS) is 11.8. The molecule has 156 valence electrons. The van der Waals surface area contributed by atoms with Crippen LogP contribution in [0.2, 0.25) is 0 Å². The topological polar surface area (TPSA) is 70.2 Å². The van der Waals surface area contributed by atoms with Crippen LogP contribution in [0.5, 0.6) is 0 Å². The quantitative estimate of drug-likeness (QED) is 0.552. The monoisotopic (exact) mass is 413 g/mol. The van der Waals surface area contributed by atoms with Crippen LogP contribution in [-0.4, -0.2) is 23.7 Å². The summed E-state index contributed by atoms with van der Waals surface area (Å²) in [6, 6.07) is 11.7. The molecule has 0 aliphatic heterocycles. The number of rotatable bonds is 7. The zero-order valence-electron chi connectivity index (χ0n) is 18.1. The maximum atomic E-state index is 12.2. The van der Waals surface area contributed by atoms with E-state index in [0.717, 1.165) is 27.9 Å². The Labute approximate surface area is 178 Å². The number of carbonyl (C=O) groups is 2. The van der Waals surface area contributed by atoms with Gasteiger partial charge in [-0.2, -0.15) is 0 Å². The molecule has 1 atom stereocenters. The second-order valence-electron chi connectivity index (χ2n) is 7.61. The summed E-state index contributed by atoms with van der Waals surface area (Å²) in [6.45, 7) is 12.1. The van der Waals surface area contributed by atoms with Crippen LogP contribution in [0.15, 0.2) is 41.3 Å². The van der Waals surface area contributed by atoms with Gasteiger partial charge in [0.1, 0.15) is 0 Å². The molecule has 2 aromatic carbocycles. The van der Waals surface area contributed by atoms with Gasteiger partial charge in [0, 0.05) is 15.8 Å². The van der Waals surface area contributed by atoms with Gasteiger partial charge in [-0.3, -0.25) is 4.79 Å². The summed E-state index contributed by atoms with van der Waals surface area (Å²) in [4.78, 5) is 25.6. The Kier molecular flexibility index (Phi) is 8.14. The average Bonchev–Trinajstić information content (AvgIpc) is 2.63.